The van der Waals surface area contributed by atoms with E-state index in [1.165, 1.54) is 11.1 Å². The van der Waals surface area contributed by atoms with Crippen LogP contribution in [0.4, 0.5) is 0 Å². The minimum atomic E-state index is 0.368. The van der Waals surface area contributed by atoms with Crippen LogP contribution in [0.5, 0.6) is 5.75 Å². The van der Waals surface area contributed by atoms with Crippen molar-refractivity contribution >= 4 is 0 Å². The van der Waals surface area contributed by atoms with Gasteiger partial charge < -0.3 is 9.47 Å². The number of hydrogen-bond donors (Lipinski definition) is 0. The van der Waals surface area contributed by atoms with E-state index in [9.17, 15) is 0 Å². The molecule has 1 aromatic carbocycles. The molecule has 0 saturated carbocycles. The van der Waals surface area contributed by atoms with E-state index in [0.29, 0.717) is 6.10 Å². The van der Waals surface area contributed by atoms with Crippen LogP contribution in [0.2, 0.25) is 0 Å². The zero-order valence-corrected chi connectivity index (χ0v) is 7.45. The molecule has 0 aliphatic carbocycles. The molecule has 68 valence electrons. The molecule has 0 amide bonds. The van der Waals surface area contributed by atoms with E-state index < -0.39 is 0 Å². The van der Waals surface area contributed by atoms with E-state index in [-0.39, 0.29) is 0 Å². The minimum Gasteiger partial charge on any atom is -0.493 e. The van der Waals surface area contributed by atoms with Gasteiger partial charge in [0.25, 0.3) is 0 Å². The van der Waals surface area contributed by atoms with E-state index in [1.54, 1.807) is 0 Å². The molecule has 0 aromatic heterocycles. The molecule has 0 bridgehead atoms. The van der Waals surface area contributed by atoms with Gasteiger partial charge in [-0.1, -0.05) is 6.07 Å². The molecule has 1 saturated heterocycles. The Morgan fingerprint density at radius 3 is 3.08 bits per heavy atom. The quantitative estimate of drug-likeness (QED) is 0.611. The lowest BCUT2D eigenvalue weighted by Crippen LogP contribution is -2.08. The molecule has 2 aliphatic rings. The van der Waals surface area contributed by atoms with Crippen molar-refractivity contribution in [2.24, 2.45) is 0 Å². The normalized spacial score (nSPS) is 24.8. The summed E-state index contributed by atoms with van der Waals surface area (Å²) in [5.74, 6) is 1.07. The maximum absolute atomic E-state index is 5.54. The number of epoxide rings is 1. The van der Waals surface area contributed by atoms with E-state index >= 15 is 0 Å². The standard InChI is InChI=1S/C11H12O2/c1-2-8-6-9(11-7-13-11)3-4-10(8)12-5-1/h3-4,6,11H,1-2,5,7H2. The van der Waals surface area contributed by atoms with Gasteiger partial charge >= 0.3 is 0 Å². The predicted molar refractivity (Wildman–Crippen MR) is 49.0 cm³/mol. The third-order valence-electron chi connectivity index (χ3n) is 2.64. The Morgan fingerprint density at radius 1 is 1.31 bits per heavy atom. The third kappa shape index (κ3) is 1.31. The van der Waals surface area contributed by atoms with Gasteiger partial charge in [0.05, 0.1) is 13.2 Å². The van der Waals surface area contributed by atoms with E-state index in [2.05, 4.69) is 18.2 Å². The van der Waals surface area contributed by atoms with Gasteiger partial charge in [-0.05, 0) is 36.1 Å². The van der Waals surface area contributed by atoms with Crippen molar-refractivity contribution in [1.29, 1.82) is 0 Å². The van der Waals surface area contributed by atoms with Crippen LogP contribution < -0.4 is 4.74 Å². The molecule has 0 N–H and O–H groups in total. The topological polar surface area (TPSA) is 21.8 Å². The molecule has 1 aromatic rings. The highest BCUT2D eigenvalue weighted by Gasteiger charge is 2.25. The van der Waals surface area contributed by atoms with Gasteiger partial charge in [0.15, 0.2) is 0 Å². The largest absolute Gasteiger partial charge is 0.493 e. The van der Waals surface area contributed by atoms with Crippen molar-refractivity contribution < 1.29 is 9.47 Å². The molecule has 2 aliphatic heterocycles. The highest BCUT2D eigenvalue weighted by molar-refractivity contribution is 5.39. The lowest BCUT2D eigenvalue weighted by molar-refractivity contribution is 0.288. The van der Waals surface area contributed by atoms with Crippen LogP contribution in [0.3, 0.4) is 0 Å². The van der Waals surface area contributed by atoms with Gasteiger partial charge in [0.1, 0.15) is 11.9 Å². The zero-order chi connectivity index (χ0) is 8.67. The molecule has 1 atom stereocenters. The van der Waals surface area contributed by atoms with Crippen molar-refractivity contribution in [3.05, 3.63) is 29.3 Å². The Bertz CT molecular complexity index is 329. The number of ether oxygens (including phenoxy) is 2. The molecule has 1 unspecified atom stereocenters. The molecule has 2 nitrogen and oxygen atoms in total. The fourth-order valence-electron chi connectivity index (χ4n) is 1.82. The maximum atomic E-state index is 5.54. The number of benzene rings is 1. The highest BCUT2D eigenvalue weighted by atomic mass is 16.6. The summed E-state index contributed by atoms with van der Waals surface area (Å²) in [5.41, 5.74) is 2.66. The molecule has 13 heavy (non-hydrogen) atoms. The molecule has 0 radical (unpaired) electrons. The van der Waals surface area contributed by atoms with Crippen LogP contribution >= 0.6 is 0 Å². The van der Waals surface area contributed by atoms with E-state index in [4.69, 9.17) is 9.47 Å². The van der Waals surface area contributed by atoms with Crippen molar-refractivity contribution in [1.82, 2.24) is 0 Å². The van der Waals surface area contributed by atoms with Crippen LogP contribution in [-0.4, -0.2) is 13.2 Å². The number of aryl methyl sites for hydroxylation is 1. The van der Waals surface area contributed by atoms with Crippen LogP contribution in [0.25, 0.3) is 0 Å². The first-order valence-electron chi connectivity index (χ1n) is 4.81. The van der Waals surface area contributed by atoms with Crippen LogP contribution in [0, 0.1) is 0 Å². The lowest BCUT2D eigenvalue weighted by Gasteiger charge is -2.17. The average molecular weight is 176 g/mol. The number of rotatable bonds is 1. The summed E-state index contributed by atoms with van der Waals surface area (Å²) in [6, 6.07) is 6.42. The molecule has 1 fully saturated rings. The second kappa shape index (κ2) is 2.74. The van der Waals surface area contributed by atoms with Gasteiger partial charge in [0.2, 0.25) is 0 Å². The van der Waals surface area contributed by atoms with Gasteiger partial charge in [-0.15, -0.1) is 0 Å². The highest BCUT2D eigenvalue weighted by Crippen LogP contribution is 2.34. The second-order valence-electron chi connectivity index (χ2n) is 3.64. The fraction of sp³-hybridized carbons (Fsp3) is 0.455. The Balaban J connectivity index is 1.98. The molecular weight excluding hydrogens is 164 g/mol. The van der Waals surface area contributed by atoms with Gasteiger partial charge in [-0.25, -0.2) is 0 Å². The van der Waals surface area contributed by atoms with Gasteiger partial charge in [0, 0.05) is 0 Å². The molecule has 2 heteroatoms. The summed E-state index contributed by atoms with van der Waals surface area (Å²) < 4.78 is 10.8. The Morgan fingerprint density at radius 2 is 2.23 bits per heavy atom. The third-order valence-corrected chi connectivity index (χ3v) is 2.64. The summed E-state index contributed by atoms with van der Waals surface area (Å²) in [6.45, 7) is 1.76. The first-order valence-corrected chi connectivity index (χ1v) is 4.81. The predicted octanol–water partition coefficient (Wildman–Crippen LogP) is 2.08. The Labute approximate surface area is 77.5 Å². The molecule has 3 rings (SSSR count). The Kier molecular flexibility index (Phi) is 1.56. The zero-order valence-electron chi connectivity index (χ0n) is 7.45. The summed E-state index contributed by atoms with van der Waals surface area (Å²) >= 11 is 0. The van der Waals surface area contributed by atoms with Crippen molar-refractivity contribution in [3.8, 4) is 5.75 Å². The summed E-state index contributed by atoms with van der Waals surface area (Å²) in [6.07, 6.45) is 2.66. The fourth-order valence-corrected chi connectivity index (χ4v) is 1.82. The van der Waals surface area contributed by atoms with E-state index in [1.807, 2.05) is 0 Å². The average Bonchev–Trinajstić information content (AvgIpc) is 3.00. The maximum Gasteiger partial charge on any atom is 0.122 e. The summed E-state index contributed by atoms with van der Waals surface area (Å²) in [4.78, 5) is 0. The van der Waals surface area contributed by atoms with Crippen LogP contribution in [0.1, 0.15) is 23.7 Å². The summed E-state index contributed by atoms with van der Waals surface area (Å²) in [5, 5.41) is 0. The van der Waals surface area contributed by atoms with Gasteiger partial charge in [-0.2, -0.15) is 0 Å². The number of fused-ring (bicyclic) bond motifs is 1. The second-order valence-corrected chi connectivity index (χ2v) is 3.64. The van der Waals surface area contributed by atoms with Crippen molar-refractivity contribution in [3.63, 3.8) is 0 Å². The van der Waals surface area contributed by atoms with Crippen molar-refractivity contribution in [2.75, 3.05) is 13.2 Å². The van der Waals surface area contributed by atoms with Crippen LogP contribution in [0.15, 0.2) is 18.2 Å². The van der Waals surface area contributed by atoms with E-state index in [0.717, 1.165) is 31.8 Å². The van der Waals surface area contributed by atoms with Gasteiger partial charge in [-0.3, -0.25) is 0 Å². The summed E-state index contributed by atoms with van der Waals surface area (Å²) in [7, 11) is 0. The molecular formula is C11H12O2. The molecule has 0 spiro atoms. The first-order chi connectivity index (χ1) is 6.43. The lowest BCUT2D eigenvalue weighted by atomic mass is 10.0. The monoisotopic (exact) mass is 176 g/mol. The smallest absolute Gasteiger partial charge is 0.122 e. The van der Waals surface area contributed by atoms with Crippen molar-refractivity contribution in [2.45, 2.75) is 18.9 Å². The minimum absolute atomic E-state index is 0.368. The van der Waals surface area contributed by atoms with Crippen LogP contribution in [-0.2, 0) is 11.2 Å². The molecule has 2 heterocycles. The SMILES string of the molecule is c1cc2c(cc1C1CO1)CCCO2. The number of hydrogen-bond acceptors (Lipinski definition) is 2. The first kappa shape index (κ1) is 7.39. The Hall–Kier alpha value is -1.02.